The van der Waals surface area contributed by atoms with E-state index in [0.717, 1.165) is 16.5 Å². The first-order chi connectivity index (χ1) is 16.3. The minimum atomic E-state index is 0.148. The van der Waals surface area contributed by atoms with Crippen molar-refractivity contribution >= 4 is 40.5 Å². The molecule has 0 unspecified atom stereocenters. The van der Waals surface area contributed by atoms with Crippen molar-refractivity contribution in [3.8, 4) is 5.75 Å². The molecule has 1 fully saturated rings. The Balaban J connectivity index is 1.43. The van der Waals surface area contributed by atoms with Gasteiger partial charge in [-0.2, -0.15) is 20.1 Å². The average molecular weight is 441 g/mol. The molecule has 1 aromatic heterocycles. The molecule has 2 heterocycles. The molecule has 1 aliphatic rings. The van der Waals surface area contributed by atoms with Crippen LogP contribution in [0.5, 0.6) is 5.75 Å². The number of ether oxygens (including phenoxy) is 1. The Morgan fingerprint density at radius 1 is 0.879 bits per heavy atom. The number of morpholine rings is 1. The highest BCUT2D eigenvalue weighted by Gasteiger charge is 2.17. The molecule has 0 bridgehead atoms. The van der Waals surface area contributed by atoms with Crippen molar-refractivity contribution in [1.82, 2.24) is 15.0 Å². The van der Waals surface area contributed by atoms with Crippen molar-refractivity contribution < 1.29 is 9.84 Å². The number of nitrogens with zero attached hydrogens (tertiary/aromatic N) is 5. The van der Waals surface area contributed by atoms with E-state index in [1.54, 1.807) is 12.3 Å². The third-order valence-electron chi connectivity index (χ3n) is 5.25. The Bertz CT molecular complexity index is 1270. The Morgan fingerprint density at radius 2 is 1.64 bits per heavy atom. The molecular formula is C24H23N7O2. The van der Waals surface area contributed by atoms with Crippen LogP contribution in [0.3, 0.4) is 0 Å². The summed E-state index contributed by atoms with van der Waals surface area (Å²) in [6, 6.07) is 21.0. The SMILES string of the molecule is Oc1ccc2ccccc2c1/C=N/Nc1nc(Nc2ccccc2)nc(N2CCOCC2)n1. The first kappa shape index (κ1) is 20.7. The van der Waals surface area contributed by atoms with Crippen molar-refractivity contribution in [3.05, 3.63) is 72.3 Å². The zero-order valence-electron chi connectivity index (χ0n) is 17.8. The van der Waals surface area contributed by atoms with Crippen molar-refractivity contribution in [2.24, 2.45) is 5.10 Å². The highest BCUT2D eigenvalue weighted by atomic mass is 16.5. The largest absolute Gasteiger partial charge is 0.507 e. The third-order valence-corrected chi connectivity index (χ3v) is 5.25. The fourth-order valence-electron chi connectivity index (χ4n) is 3.60. The van der Waals surface area contributed by atoms with E-state index in [1.807, 2.05) is 65.6 Å². The standard InChI is InChI=1S/C24H23N7O2/c32-21-11-10-17-6-4-5-9-19(17)20(21)16-25-30-23-27-22(26-18-7-2-1-3-8-18)28-24(29-23)31-12-14-33-15-13-31/h1-11,16,32H,12-15H2,(H2,26,27,28,29,30)/b25-16+. The van der Waals surface area contributed by atoms with Gasteiger partial charge < -0.3 is 20.1 Å². The van der Waals surface area contributed by atoms with Crippen LogP contribution in [0.2, 0.25) is 0 Å². The first-order valence-corrected chi connectivity index (χ1v) is 10.7. The van der Waals surface area contributed by atoms with Crippen LogP contribution in [-0.4, -0.2) is 52.6 Å². The number of phenols is 1. The maximum atomic E-state index is 10.3. The van der Waals surface area contributed by atoms with Crippen LogP contribution in [0, 0.1) is 0 Å². The minimum absolute atomic E-state index is 0.148. The number of nitrogens with one attached hydrogen (secondary N) is 2. The topological polar surface area (TPSA) is 108 Å². The zero-order valence-corrected chi connectivity index (χ0v) is 17.8. The van der Waals surface area contributed by atoms with E-state index in [0.29, 0.717) is 49.7 Å². The maximum absolute atomic E-state index is 10.3. The summed E-state index contributed by atoms with van der Waals surface area (Å²) in [4.78, 5) is 15.6. The molecule has 0 spiro atoms. The molecule has 0 saturated carbocycles. The van der Waals surface area contributed by atoms with Gasteiger partial charge in [-0.15, -0.1) is 0 Å². The van der Waals surface area contributed by atoms with E-state index >= 15 is 0 Å². The van der Waals surface area contributed by atoms with E-state index in [2.05, 4.69) is 30.8 Å². The van der Waals surface area contributed by atoms with E-state index < -0.39 is 0 Å². The normalized spacial score (nSPS) is 14.0. The molecule has 0 amide bonds. The summed E-state index contributed by atoms with van der Waals surface area (Å²) in [5.41, 5.74) is 4.37. The third kappa shape index (κ3) is 4.83. The van der Waals surface area contributed by atoms with Gasteiger partial charge in [-0.1, -0.05) is 48.5 Å². The van der Waals surface area contributed by atoms with E-state index in [1.165, 1.54) is 0 Å². The lowest BCUT2D eigenvalue weighted by Gasteiger charge is -2.27. The number of aromatic hydroxyl groups is 1. The Morgan fingerprint density at radius 3 is 2.48 bits per heavy atom. The highest BCUT2D eigenvalue weighted by molar-refractivity contribution is 6.02. The van der Waals surface area contributed by atoms with Crippen molar-refractivity contribution in [1.29, 1.82) is 0 Å². The summed E-state index contributed by atoms with van der Waals surface area (Å²) in [7, 11) is 0. The molecule has 5 rings (SSSR count). The Kier molecular flexibility index (Phi) is 5.94. The minimum Gasteiger partial charge on any atom is -0.507 e. The second-order valence-electron chi connectivity index (χ2n) is 7.46. The van der Waals surface area contributed by atoms with Gasteiger partial charge in [0, 0.05) is 24.3 Å². The first-order valence-electron chi connectivity index (χ1n) is 10.7. The molecule has 33 heavy (non-hydrogen) atoms. The Hall–Kier alpha value is -4.24. The van der Waals surface area contributed by atoms with Gasteiger partial charge in [0.2, 0.25) is 17.8 Å². The van der Waals surface area contributed by atoms with Crippen molar-refractivity contribution in [3.63, 3.8) is 0 Å². The number of hydrogen-bond donors (Lipinski definition) is 3. The van der Waals surface area contributed by atoms with Crippen molar-refractivity contribution in [2.45, 2.75) is 0 Å². The molecule has 3 N–H and O–H groups in total. The summed E-state index contributed by atoms with van der Waals surface area (Å²) in [5.74, 6) is 1.39. The predicted octanol–water partition coefficient (Wildman–Crippen LogP) is 3.76. The molecule has 3 aromatic carbocycles. The van der Waals surface area contributed by atoms with Crippen LogP contribution in [-0.2, 0) is 4.74 Å². The van der Waals surface area contributed by atoms with E-state index in [4.69, 9.17) is 4.74 Å². The maximum Gasteiger partial charge on any atom is 0.250 e. The van der Waals surface area contributed by atoms with E-state index in [9.17, 15) is 5.11 Å². The highest BCUT2D eigenvalue weighted by Crippen LogP contribution is 2.25. The molecule has 0 atom stereocenters. The summed E-state index contributed by atoms with van der Waals surface area (Å²) in [6.45, 7) is 2.63. The number of aromatic nitrogens is 3. The molecule has 9 heteroatoms. The molecule has 9 nitrogen and oxygen atoms in total. The van der Waals surface area contributed by atoms with Crippen LogP contribution in [0.4, 0.5) is 23.5 Å². The summed E-state index contributed by atoms with van der Waals surface area (Å²) in [6.07, 6.45) is 1.57. The van der Waals surface area contributed by atoms with Gasteiger partial charge in [-0.25, -0.2) is 5.43 Å². The number of phenolic OH excluding ortho intramolecular Hbond substituents is 1. The molecule has 166 valence electrons. The van der Waals surface area contributed by atoms with Crippen LogP contribution in [0.15, 0.2) is 71.8 Å². The van der Waals surface area contributed by atoms with Gasteiger partial charge >= 0.3 is 0 Å². The molecule has 1 saturated heterocycles. The number of benzene rings is 3. The van der Waals surface area contributed by atoms with Gasteiger partial charge in [0.15, 0.2) is 0 Å². The lowest BCUT2D eigenvalue weighted by Crippen LogP contribution is -2.37. The number of para-hydroxylation sites is 1. The molecule has 1 aliphatic heterocycles. The van der Waals surface area contributed by atoms with Gasteiger partial charge in [0.25, 0.3) is 0 Å². The fourth-order valence-corrected chi connectivity index (χ4v) is 3.60. The summed E-state index contributed by atoms with van der Waals surface area (Å²) < 4.78 is 5.45. The number of hydrogen-bond acceptors (Lipinski definition) is 9. The quantitative estimate of drug-likeness (QED) is 0.307. The lowest BCUT2D eigenvalue weighted by atomic mass is 10.0. The number of hydrazone groups is 1. The van der Waals surface area contributed by atoms with Gasteiger partial charge in [-0.3, -0.25) is 0 Å². The summed E-state index contributed by atoms with van der Waals surface area (Å²) in [5, 5.41) is 19.8. The van der Waals surface area contributed by atoms with Gasteiger partial charge in [0.1, 0.15) is 5.75 Å². The fraction of sp³-hybridized carbons (Fsp3) is 0.167. The molecule has 0 aliphatic carbocycles. The Labute approximate surface area is 190 Å². The number of rotatable bonds is 6. The van der Waals surface area contributed by atoms with Crippen LogP contribution in [0.1, 0.15) is 5.56 Å². The molecule has 0 radical (unpaired) electrons. The van der Waals surface area contributed by atoms with Gasteiger partial charge in [0.05, 0.1) is 19.4 Å². The van der Waals surface area contributed by atoms with Gasteiger partial charge in [-0.05, 0) is 29.0 Å². The molecular weight excluding hydrogens is 418 g/mol. The summed E-state index contributed by atoms with van der Waals surface area (Å²) >= 11 is 0. The predicted molar refractivity (Wildman–Crippen MR) is 129 cm³/mol. The smallest absolute Gasteiger partial charge is 0.250 e. The van der Waals surface area contributed by atoms with Crippen LogP contribution >= 0.6 is 0 Å². The zero-order chi connectivity index (χ0) is 22.5. The number of anilines is 4. The van der Waals surface area contributed by atoms with Crippen LogP contribution in [0.25, 0.3) is 10.8 Å². The lowest BCUT2D eigenvalue weighted by molar-refractivity contribution is 0.122. The molecule has 4 aromatic rings. The number of fused-ring (bicyclic) bond motifs is 1. The average Bonchev–Trinajstić information content (AvgIpc) is 2.86. The van der Waals surface area contributed by atoms with Crippen LogP contribution < -0.4 is 15.6 Å². The van der Waals surface area contributed by atoms with Crippen molar-refractivity contribution in [2.75, 3.05) is 41.9 Å². The second-order valence-corrected chi connectivity index (χ2v) is 7.46. The second kappa shape index (κ2) is 9.49. The van der Waals surface area contributed by atoms with E-state index in [-0.39, 0.29) is 5.75 Å². The monoisotopic (exact) mass is 441 g/mol.